The van der Waals surface area contributed by atoms with E-state index in [-0.39, 0.29) is 74.4 Å². The Balaban J connectivity index is 1.63. The third-order valence-electron chi connectivity index (χ3n) is 9.11. The van der Waals surface area contributed by atoms with Crippen LogP contribution in [0.3, 0.4) is 0 Å². The highest BCUT2D eigenvalue weighted by atomic mass is 16.5. The number of imide groups is 1. The number of amides is 7. The lowest BCUT2D eigenvalue weighted by molar-refractivity contribution is -0.154. The third kappa shape index (κ3) is 14.3. The van der Waals surface area contributed by atoms with E-state index in [9.17, 15) is 33.6 Å². The Morgan fingerprint density at radius 2 is 1.54 bits per heavy atom. The molecule has 0 aromatic heterocycles. The number of unbranched alkanes of at least 4 members (excludes halogenated alkanes) is 2. The fraction of sp³-hybridized carbons (Fsp3) is 0.525. The molecule has 1 saturated heterocycles. The summed E-state index contributed by atoms with van der Waals surface area (Å²) < 4.78 is 5.36. The molecule has 294 valence electrons. The smallest absolute Gasteiger partial charge is 0.312 e. The Morgan fingerprint density at radius 1 is 0.852 bits per heavy atom. The van der Waals surface area contributed by atoms with Crippen molar-refractivity contribution in [1.82, 2.24) is 20.9 Å². The predicted molar refractivity (Wildman–Crippen MR) is 203 cm³/mol. The second-order valence-corrected chi connectivity index (χ2v) is 15.1. The molecule has 1 unspecified atom stereocenters. The van der Waals surface area contributed by atoms with Gasteiger partial charge in [-0.3, -0.25) is 33.7 Å². The molecule has 14 heteroatoms. The molecule has 54 heavy (non-hydrogen) atoms. The van der Waals surface area contributed by atoms with E-state index in [0.29, 0.717) is 37.9 Å². The van der Waals surface area contributed by atoms with Gasteiger partial charge < -0.3 is 31.7 Å². The Labute approximate surface area is 317 Å². The SMILES string of the molecule is CC(C)C1CC(=O)N(CCCCCC(=O)N[C@@H](Cc2ccccc2)C(=O)N[C@@H](CCCNC(N)=O)C(=O)Nc2ccc(COC(=O)C(C)(C)C)cc2)C1=O. The first-order valence-electron chi connectivity index (χ1n) is 18.6. The molecule has 0 aliphatic carbocycles. The number of carbonyl (C=O) groups is 7. The Bertz CT molecular complexity index is 1610. The molecule has 6 N–H and O–H groups in total. The van der Waals surface area contributed by atoms with E-state index < -0.39 is 35.3 Å². The molecule has 2 aromatic rings. The quantitative estimate of drug-likeness (QED) is 0.0759. The molecule has 0 saturated carbocycles. The van der Waals surface area contributed by atoms with Crippen molar-refractivity contribution in [2.45, 2.75) is 105 Å². The molecular formula is C40H56N6O8. The first kappa shape index (κ1) is 43.1. The Kier molecular flexibility index (Phi) is 16.6. The number of carbonyl (C=O) groups excluding carboxylic acids is 7. The van der Waals surface area contributed by atoms with Crippen LogP contribution in [0.1, 0.15) is 90.7 Å². The summed E-state index contributed by atoms with van der Waals surface area (Å²) in [5.41, 5.74) is 6.54. The summed E-state index contributed by atoms with van der Waals surface area (Å²) in [5.74, 6) is -2.22. The monoisotopic (exact) mass is 748 g/mol. The number of nitrogens with one attached hydrogen (secondary N) is 4. The largest absolute Gasteiger partial charge is 0.460 e. The summed E-state index contributed by atoms with van der Waals surface area (Å²) >= 11 is 0. The maximum Gasteiger partial charge on any atom is 0.312 e. The van der Waals surface area contributed by atoms with Gasteiger partial charge in [-0.2, -0.15) is 0 Å². The van der Waals surface area contributed by atoms with E-state index in [0.717, 1.165) is 11.1 Å². The lowest BCUT2D eigenvalue weighted by Gasteiger charge is -2.24. The molecule has 0 spiro atoms. The van der Waals surface area contributed by atoms with Gasteiger partial charge in [-0.25, -0.2) is 4.79 Å². The number of likely N-dealkylation sites (tertiary alicyclic amines) is 1. The van der Waals surface area contributed by atoms with Crippen LogP contribution in [-0.4, -0.2) is 71.6 Å². The molecule has 2 aromatic carbocycles. The minimum atomic E-state index is -1.03. The number of nitrogens with two attached hydrogens (primary N) is 1. The number of hydrogen-bond acceptors (Lipinski definition) is 8. The lowest BCUT2D eigenvalue weighted by Crippen LogP contribution is -2.53. The van der Waals surface area contributed by atoms with E-state index in [1.54, 1.807) is 45.0 Å². The second kappa shape index (κ2) is 20.8. The molecule has 3 atom stereocenters. The van der Waals surface area contributed by atoms with Gasteiger partial charge in [-0.1, -0.05) is 62.7 Å². The zero-order valence-electron chi connectivity index (χ0n) is 32.1. The van der Waals surface area contributed by atoms with Gasteiger partial charge in [0.15, 0.2) is 0 Å². The Morgan fingerprint density at radius 3 is 2.15 bits per heavy atom. The third-order valence-corrected chi connectivity index (χ3v) is 9.11. The first-order valence-corrected chi connectivity index (χ1v) is 18.6. The van der Waals surface area contributed by atoms with Crippen molar-refractivity contribution in [2.75, 3.05) is 18.4 Å². The number of primary amides is 1. The lowest BCUT2D eigenvalue weighted by atomic mass is 9.94. The number of urea groups is 1. The molecule has 0 bridgehead atoms. The molecule has 1 heterocycles. The van der Waals surface area contributed by atoms with Crippen LogP contribution in [-0.2, 0) is 46.5 Å². The van der Waals surface area contributed by atoms with Gasteiger partial charge >= 0.3 is 12.0 Å². The summed E-state index contributed by atoms with van der Waals surface area (Å²) in [5, 5.41) is 10.9. The number of anilines is 1. The van der Waals surface area contributed by atoms with Gasteiger partial charge in [-0.05, 0) is 75.6 Å². The normalized spacial score (nSPS) is 15.4. The van der Waals surface area contributed by atoms with Crippen molar-refractivity contribution < 1.29 is 38.3 Å². The van der Waals surface area contributed by atoms with E-state index in [1.165, 1.54) is 4.90 Å². The van der Waals surface area contributed by atoms with Crippen molar-refractivity contribution in [1.29, 1.82) is 0 Å². The van der Waals surface area contributed by atoms with Crippen LogP contribution in [0, 0.1) is 17.3 Å². The number of benzene rings is 2. The summed E-state index contributed by atoms with van der Waals surface area (Å²) in [7, 11) is 0. The van der Waals surface area contributed by atoms with Crippen molar-refractivity contribution in [3.63, 3.8) is 0 Å². The van der Waals surface area contributed by atoms with Gasteiger partial charge in [-0.15, -0.1) is 0 Å². The number of rotatable bonds is 20. The summed E-state index contributed by atoms with van der Waals surface area (Å²) in [6.45, 7) is 9.73. The van der Waals surface area contributed by atoms with Crippen LogP contribution < -0.4 is 27.0 Å². The zero-order chi connectivity index (χ0) is 39.8. The number of ether oxygens (including phenoxy) is 1. The van der Waals surface area contributed by atoms with E-state index in [4.69, 9.17) is 10.5 Å². The fourth-order valence-electron chi connectivity index (χ4n) is 5.86. The molecule has 14 nitrogen and oxygen atoms in total. The average Bonchev–Trinajstić information content (AvgIpc) is 3.40. The van der Waals surface area contributed by atoms with Crippen LogP contribution in [0.2, 0.25) is 0 Å². The number of hydrogen-bond donors (Lipinski definition) is 5. The van der Waals surface area contributed by atoms with Crippen LogP contribution >= 0.6 is 0 Å². The van der Waals surface area contributed by atoms with Gasteiger partial charge in [0, 0.05) is 44.0 Å². The molecule has 3 rings (SSSR count). The average molecular weight is 749 g/mol. The molecule has 1 fully saturated rings. The second-order valence-electron chi connectivity index (χ2n) is 15.1. The van der Waals surface area contributed by atoms with Crippen molar-refractivity contribution in [3.8, 4) is 0 Å². The minimum absolute atomic E-state index is 0.0733. The van der Waals surface area contributed by atoms with Gasteiger partial charge in [0.1, 0.15) is 18.7 Å². The first-order chi connectivity index (χ1) is 25.5. The molecule has 0 radical (unpaired) electrons. The van der Waals surface area contributed by atoms with Crippen molar-refractivity contribution in [3.05, 3.63) is 65.7 Å². The van der Waals surface area contributed by atoms with Crippen LogP contribution in [0.4, 0.5) is 10.5 Å². The predicted octanol–water partition coefficient (Wildman–Crippen LogP) is 3.97. The van der Waals surface area contributed by atoms with E-state index in [2.05, 4.69) is 21.3 Å². The van der Waals surface area contributed by atoms with Gasteiger partial charge in [0.05, 0.1) is 5.41 Å². The standard InChI is InChI=1S/C40H56N6O8/c1-26(2)30-24-34(48)46(37(30)51)22-11-7-10-16-33(47)44-32(23-27-13-8-6-9-14-27)36(50)45-31(15-12-21-42-39(41)53)35(49)43-29-19-17-28(18-20-29)25-54-38(52)40(3,4)5/h6,8-9,13-14,17-20,26,30-32H,7,10-12,15-16,21-25H2,1-5H3,(H,43,49)(H,44,47)(H,45,50)(H3,41,42,53)/t30?,31-,32-/m0/s1. The topological polar surface area (TPSA) is 206 Å². The fourth-order valence-corrected chi connectivity index (χ4v) is 5.86. The number of nitrogens with zero attached hydrogens (tertiary/aromatic N) is 1. The van der Waals surface area contributed by atoms with Crippen LogP contribution in [0.25, 0.3) is 0 Å². The van der Waals surface area contributed by atoms with Gasteiger partial charge in [0.25, 0.3) is 0 Å². The molecule has 7 amide bonds. The van der Waals surface area contributed by atoms with Crippen molar-refractivity contribution >= 4 is 47.2 Å². The highest BCUT2D eigenvalue weighted by Gasteiger charge is 2.39. The zero-order valence-corrected chi connectivity index (χ0v) is 32.1. The Hall–Kier alpha value is -5.27. The highest BCUT2D eigenvalue weighted by Crippen LogP contribution is 2.26. The summed E-state index contributed by atoms with van der Waals surface area (Å²) in [6.07, 6.45) is 2.69. The molecule has 1 aliphatic heterocycles. The summed E-state index contributed by atoms with van der Waals surface area (Å²) in [6, 6.07) is 13.2. The summed E-state index contributed by atoms with van der Waals surface area (Å²) in [4.78, 5) is 90.1. The van der Waals surface area contributed by atoms with Crippen LogP contribution in [0.5, 0.6) is 0 Å². The maximum absolute atomic E-state index is 13.8. The van der Waals surface area contributed by atoms with Crippen molar-refractivity contribution in [2.24, 2.45) is 23.0 Å². The van der Waals surface area contributed by atoms with Crippen LogP contribution in [0.15, 0.2) is 54.6 Å². The number of esters is 1. The van der Waals surface area contributed by atoms with E-state index >= 15 is 0 Å². The minimum Gasteiger partial charge on any atom is -0.460 e. The molecule has 1 aliphatic rings. The highest BCUT2D eigenvalue weighted by molar-refractivity contribution is 6.03. The van der Waals surface area contributed by atoms with E-state index in [1.807, 2.05) is 44.2 Å². The molecular weight excluding hydrogens is 692 g/mol. The van der Waals surface area contributed by atoms with Gasteiger partial charge in [0.2, 0.25) is 29.5 Å². The maximum atomic E-state index is 13.8.